The first-order chi connectivity index (χ1) is 12.1. The molecule has 0 radical (unpaired) electrons. The Morgan fingerprint density at radius 2 is 1.77 bits per heavy atom. The lowest BCUT2D eigenvalue weighted by Gasteiger charge is -2.46. The second kappa shape index (κ2) is 6.48. The summed E-state index contributed by atoms with van der Waals surface area (Å²) >= 11 is 0. The van der Waals surface area contributed by atoms with Gasteiger partial charge in [-0.05, 0) is 49.3 Å². The molecule has 3 rings (SSSR count). The van der Waals surface area contributed by atoms with E-state index < -0.39 is 17.4 Å². The van der Waals surface area contributed by atoms with Crippen molar-refractivity contribution in [2.24, 2.45) is 21.5 Å². The number of halogens is 3. The molecule has 0 atom stereocenters. The van der Waals surface area contributed by atoms with E-state index in [0.29, 0.717) is 18.4 Å². The SMILES string of the molecule is CC(C)c1ccc(N2C(N)=NC(N)=NC23CCCCC3)c(C(F)(F)F)c1. The van der Waals surface area contributed by atoms with Gasteiger partial charge in [-0.1, -0.05) is 26.3 Å². The Hall–Kier alpha value is -2.25. The van der Waals surface area contributed by atoms with Gasteiger partial charge in [-0.2, -0.15) is 18.2 Å². The minimum Gasteiger partial charge on any atom is -0.369 e. The number of benzene rings is 1. The van der Waals surface area contributed by atoms with Gasteiger partial charge in [-0.15, -0.1) is 0 Å². The quantitative estimate of drug-likeness (QED) is 0.831. The van der Waals surface area contributed by atoms with E-state index in [0.717, 1.165) is 19.3 Å². The van der Waals surface area contributed by atoms with Gasteiger partial charge in [0.05, 0.1) is 11.3 Å². The molecule has 0 aromatic heterocycles. The van der Waals surface area contributed by atoms with Crippen LogP contribution in [0.2, 0.25) is 0 Å². The average molecular weight is 367 g/mol. The number of alkyl halides is 3. The molecule has 0 unspecified atom stereocenters. The summed E-state index contributed by atoms with van der Waals surface area (Å²) in [5, 5.41) is 0. The summed E-state index contributed by atoms with van der Waals surface area (Å²) in [6, 6.07) is 4.39. The van der Waals surface area contributed by atoms with Gasteiger partial charge >= 0.3 is 6.18 Å². The number of anilines is 1. The van der Waals surface area contributed by atoms with Crippen LogP contribution in [0, 0.1) is 0 Å². The van der Waals surface area contributed by atoms with Crippen molar-refractivity contribution in [2.75, 3.05) is 4.90 Å². The van der Waals surface area contributed by atoms with E-state index in [1.165, 1.54) is 17.0 Å². The highest BCUT2D eigenvalue weighted by molar-refractivity contribution is 6.06. The standard InChI is InChI=1S/C18H24F3N5/c1-11(2)12-6-7-14(13(10-12)18(19,20)21)26-16(23)24-15(22)25-17(26)8-4-3-5-9-17/h6-7,10-11H,3-5,8-9H2,1-2H3,(H4,22,23,24,25). The van der Waals surface area contributed by atoms with Gasteiger partial charge in [0.25, 0.3) is 0 Å². The number of nitrogens with zero attached hydrogens (tertiary/aromatic N) is 3. The van der Waals surface area contributed by atoms with Crippen LogP contribution in [0.15, 0.2) is 28.2 Å². The Labute approximate surface area is 151 Å². The minimum atomic E-state index is -4.51. The van der Waals surface area contributed by atoms with Crippen molar-refractivity contribution in [3.63, 3.8) is 0 Å². The maximum Gasteiger partial charge on any atom is 0.418 e. The van der Waals surface area contributed by atoms with Crippen LogP contribution in [0.3, 0.4) is 0 Å². The van der Waals surface area contributed by atoms with E-state index in [-0.39, 0.29) is 23.5 Å². The summed E-state index contributed by atoms with van der Waals surface area (Å²) in [6.07, 6.45) is -0.609. The van der Waals surface area contributed by atoms with Crippen molar-refractivity contribution < 1.29 is 13.2 Å². The number of hydrogen-bond donors (Lipinski definition) is 2. The van der Waals surface area contributed by atoms with E-state index in [2.05, 4.69) is 9.98 Å². The Morgan fingerprint density at radius 1 is 1.12 bits per heavy atom. The normalized spacial score (nSPS) is 20.3. The molecule has 0 saturated heterocycles. The number of rotatable bonds is 2. The van der Waals surface area contributed by atoms with Crippen molar-refractivity contribution >= 4 is 17.6 Å². The van der Waals surface area contributed by atoms with Crippen LogP contribution < -0.4 is 16.4 Å². The lowest BCUT2D eigenvalue weighted by atomic mass is 9.86. The number of guanidine groups is 2. The first kappa shape index (κ1) is 18.5. The summed E-state index contributed by atoms with van der Waals surface area (Å²) in [4.78, 5) is 9.84. The molecule has 8 heteroatoms. The lowest BCUT2D eigenvalue weighted by Crippen LogP contribution is -2.58. The number of hydrogen-bond acceptors (Lipinski definition) is 5. The van der Waals surface area contributed by atoms with Gasteiger partial charge in [0.15, 0.2) is 0 Å². The second-order valence-corrected chi connectivity index (χ2v) is 7.25. The van der Waals surface area contributed by atoms with Gasteiger partial charge in [0.2, 0.25) is 11.9 Å². The van der Waals surface area contributed by atoms with Crippen LogP contribution in [0.4, 0.5) is 18.9 Å². The summed E-state index contributed by atoms with van der Waals surface area (Å²) < 4.78 is 41.5. The van der Waals surface area contributed by atoms with Gasteiger partial charge in [0.1, 0.15) is 5.66 Å². The first-order valence-corrected chi connectivity index (χ1v) is 8.85. The maximum atomic E-state index is 13.8. The van der Waals surface area contributed by atoms with Crippen molar-refractivity contribution in [2.45, 2.75) is 63.7 Å². The minimum absolute atomic E-state index is 0.0127. The summed E-state index contributed by atoms with van der Waals surface area (Å²) in [5.41, 5.74) is 10.8. The van der Waals surface area contributed by atoms with Crippen LogP contribution in [0.5, 0.6) is 0 Å². The summed E-state index contributed by atoms with van der Waals surface area (Å²) in [7, 11) is 0. The number of aliphatic imine (C=N–C) groups is 2. The van der Waals surface area contributed by atoms with Crippen LogP contribution in [0.1, 0.15) is 63.0 Å². The predicted octanol–water partition coefficient (Wildman–Crippen LogP) is 3.94. The van der Waals surface area contributed by atoms with Crippen LogP contribution in [0.25, 0.3) is 0 Å². The molecule has 1 saturated carbocycles. The monoisotopic (exact) mass is 367 g/mol. The zero-order valence-electron chi connectivity index (χ0n) is 15.0. The molecule has 1 aromatic carbocycles. The fraction of sp³-hybridized carbons (Fsp3) is 0.556. The number of nitrogens with two attached hydrogens (primary N) is 2. The van der Waals surface area contributed by atoms with Crippen molar-refractivity contribution in [1.29, 1.82) is 0 Å². The zero-order valence-corrected chi connectivity index (χ0v) is 15.0. The Bertz CT molecular complexity index is 746. The van der Waals surface area contributed by atoms with Crippen molar-refractivity contribution in [1.82, 2.24) is 0 Å². The van der Waals surface area contributed by atoms with Gasteiger partial charge < -0.3 is 11.5 Å². The van der Waals surface area contributed by atoms with Gasteiger partial charge in [-0.3, -0.25) is 4.90 Å². The van der Waals surface area contributed by atoms with Crippen LogP contribution >= 0.6 is 0 Å². The molecule has 5 nitrogen and oxygen atoms in total. The molecular formula is C18H24F3N5. The highest BCUT2D eigenvalue weighted by Gasteiger charge is 2.46. The predicted molar refractivity (Wildman–Crippen MR) is 97.1 cm³/mol. The highest BCUT2D eigenvalue weighted by atomic mass is 19.4. The van der Waals surface area contributed by atoms with E-state index in [9.17, 15) is 13.2 Å². The molecule has 1 aromatic rings. The smallest absolute Gasteiger partial charge is 0.369 e. The third-order valence-electron chi connectivity index (χ3n) is 5.08. The van der Waals surface area contributed by atoms with E-state index in [1.54, 1.807) is 6.07 Å². The third-order valence-corrected chi connectivity index (χ3v) is 5.08. The molecule has 4 N–H and O–H groups in total. The Balaban J connectivity index is 2.18. The van der Waals surface area contributed by atoms with Crippen molar-refractivity contribution in [3.8, 4) is 0 Å². The molecule has 0 amide bonds. The molecule has 1 spiro atoms. The average Bonchev–Trinajstić information content (AvgIpc) is 2.53. The second-order valence-electron chi connectivity index (χ2n) is 7.25. The molecule has 1 fully saturated rings. The highest BCUT2D eigenvalue weighted by Crippen LogP contribution is 2.45. The van der Waals surface area contributed by atoms with E-state index >= 15 is 0 Å². The van der Waals surface area contributed by atoms with Crippen LogP contribution in [-0.2, 0) is 6.18 Å². The molecule has 142 valence electrons. The summed E-state index contributed by atoms with van der Waals surface area (Å²) in [5.74, 6) is -0.0370. The maximum absolute atomic E-state index is 13.8. The topological polar surface area (TPSA) is 80.0 Å². The largest absolute Gasteiger partial charge is 0.418 e. The van der Waals surface area contributed by atoms with Gasteiger partial charge in [0, 0.05) is 0 Å². The van der Waals surface area contributed by atoms with Crippen LogP contribution in [-0.4, -0.2) is 17.6 Å². The molecule has 1 aliphatic carbocycles. The Morgan fingerprint density at radius 3 is 2.35 bits per heavy atom. The zero-order chi connectivity index (χ0) is 19.1. The molecule has 1 aliphatic heterocycles. The molecule has 2 aliphatic rings. The van der Waals surface area contributed by atoms with Gasteiger partial charge in [-0.25, -0.2) is 4.99 Å². The van der Waals surface area contributed by atoms with E-state index in [1.807, 2.05) is 13.8 Å². The molecule has 0 bridgehead atoms. The van der Waals surface area contributed by atoms with Crippen molar-refractivity contribution in [3.05, 3.63) is 29.3 Å². The lowest BCUT2D eigenvalue weighted by molar-refractivity contribution is -0.137. The fourth-order valence-corrected chi connectivity index (χ4v) is 3.80. The Kier molecular flexibility index (Phi) is 4.62. The van der Waals surface area contributed by atoms with E-state index in [4.69, 9.17) is 11.5 Å². The first-order valence-electron chi connectivity index (χ1n) is 8.85. The third kappa shape index (κ3) is 3.24. The molecular weight excluding hydrogens is 343 g/mol. The fourth-order valence-electron chi connectivity index (χ4n) is 3.80. The molecule has 1 heterocycles. The summed E-state index contributed by atoms with van der Waals surface area (Å²) in [6.45, 7) is 3.72. The molecule has 26 heavy (non-hydrogen) atoms.